The quantitative estimate of drug-likeness (QED) is 0.626. The van der Waals surface area contributed by atoms with Crippen molar-refractivity contribution in [2.45, 2.75) is 19.4 Å². The monoisotopic (exact) mass is 232 g/mol. The van der Waals surface area contributed by atoms with Gasteiger partial charge in [-0.15, -0.1) is 0 Å². The van der Waals surface area contributed by atoms with Crippen molar-refractivity contribution in [3.05, 3.63) is 24.3 Å². The van der Waals surface area contributed by atoms with Crippen molar-refractivity contribution >= 4 is 17.0 Å². The van der Waals surface area contributed by atoms with Crippen LogP contribution >= 0.6 is 0 Å². The zero-order valence-electron chi connectivity index (χ0n) is 10.1. The van der Waals surface area contributed by atoms with E-state index in [1.165, 1.54) is 38.0 Å². The number of quaternary nitrogens is 1. The van der Waals surface area contributed by atoms with Crippen LogP contribution in [0.4, 0.5) is 5.95 Å². The second kappa shape index (κ2) is 4.37. The van der Waals surface area contributed by atoms with Gasteiger partial charge >= 0.3 is 5.95 Å². The summed E-state index contributed by atoms with van der Waals surface area (Å²) in [5.74, 6) is 0.768. The van der Waals surface area contributed by atoms with Crippen LogP contribution in [0.3, 0.4) is 0 Å². The van der Waals surface area contributed by atoms with E-state index in [4.69, 9.17) is 5.73 Å². The molecule has 1 aliphatic rings. The average molecular weight is 232 g/mol. The topological polar surface area (TPSA) is 50.1 Å². The highest BCUT2D eigenvalue weighted by molar-refractivity contribution is 5.72. The van der Waals surface area contributed by atoms with E-state index < -0.39 is 0 Å². The van der Waals surface area contributed by atoms with Crippen LogP contribution in [0.2, 0.25) is 0 Å². The maximum absolute atomic E-state index is 6.04. The number of H-pyrrole nitrogens is 1. The fourth-order valence-electron chi connectivity index (χ4n) is 2.79. The number of hydrogen-bond donors (Lipinski definition) is 3. The van der Waals surface area contributed by atoms with Crippen molar-refractivity contribution in [2.24, 2.45) is 0 Å². The normalized spacial score (nSPS) is 16.9. The van der Waals surface area contributed by atoms with Crippen LogP contribution in [0.1, 0.15) is 12.8 Å². The molecule has 0 bridgehead atoms. The molecule has 2 heterocycles. The highest BCUT2D eigenvalue weighted by Crippen LogP contribution is 2.09. The van der Waals surface area contributed by atoms with E-state index in [1.807, 2.05) is 6.07 Å². The van der Waals surface area contributed by atoms with E-state index in [-0.39, 0.29) is 0 Å². The number of likely N-dealkylation sites (tertiary alicyclic amines) is 1. The lowest BCUT2D eigenvalue weighted by Gasteiger charge is -2.10. The Balaban J connectivity index is 1.81. The number of fused-ring (bicyclic) bond motifs is 1. The third kappa shape index (κ3) is 2.00. The molecular formula is C13H20N4+2. The Bertz CT molecular complexity index is 511. The number of imidazole rings is 1. The summed E-state index contributed by atoms with van der Waals surface area (Å²) in [7, 11) is 0. The molecule has 3 rings (SSSR count). The number of nitrogen functional groups attached to an aromatic ring is 1. The number of nitrogens with one attached hydrogen (secondary N) is 2. The number of benzene rings is 1. The van der Waals surface area contributed by atoms with Crippen molar-refractivity contribution in [1.82, 2.24) is 4.98 Å². The van der Waals surface area contributed by atoms with E-state index in [0.29, 0.717) is 0 Å². The van der Waals surface area contributed by atoms with Gasteiger partial charge in [0.2, 0.25) is 0 Å². The van der Waals surface area contributed by atoms with E-state index in [2.05, 4.69) is 27.8 Å². The summed E-state index contributed by atoms with van der Waals surface area (Å²) in [6.07, 6.45) is 2.76. The molecular weight excluding hydrogens is 212 g/mol. The molecule has 4 heteroatoms. The Morgan fingerprint density at radius 1 is 1.24 bits per heavy atom. The largest absolute Gasteiger partial charge is 0.353 e. The molecule has 0 saturated carbocycles. The van der Waals surface area contributed by atoms with Crippen LogP contribution in [0.25, 0.3) is 11.0 Å². The summed E-state index contributed by atoms with van der Waals surface area (Å²) >= 11 is 0. The lowest BCUT2D eigenvalue weighted by molar-refractivity contribution is -0.905. The molecule has 2 aromatic rings. The molecule has 0 unspecified atom stereocenters. The van der Waals surface area contributed by atoms with Gasteiger partial charge in [0.15, 0.2) is 0 Å². The van der Waals surface area contributed by atoms with Gasteiger partial charge in [-0.3, -0.25) is 5.73 Å². The zero-order valence-corrected chi connectivity index (χ0v) is 10.1. The zero-order chi connectivity index (χ0) is 11.7. The van der Waals surface area contributed by atoms with Gasteiger partial charge in [0.1, 0.15) is 24.1 Å². The van der Waals surface area contributed by atoms with Gasteiger partial charge in [-0.25, -0.2) is 9.55 Å². The van der Waals surface area contributed by atoms with Crippen LogP contribution in [-0.2, 0) is 6.54 Å². The third-order valence-electron chi connectivity index (χ3n) is 3.75. The SMILES string of the molecule is Nc1[nH]c2ccccc2[n+]1CC[NH+]1CCCC1. The summed E-state index contributed by atoms with van der Waals surface area (Å²) in [5, 5.41) is 0. The Kier molecular flexibility index (Phi) is 2.73. The van der Waals surface area contributed by atoms with Crippen LogP contribution in [0.15, 0.2) is 24.3 Å². The molecule has 4 N–H and O–H groups in total. The Morgan fingerprint density at radius 2 is 2.00 bits per heavy atom. The van der Waals surface area contributed by atoms with Crippen LogP contribution in [0.5, 0.6) is 0 Å². The second-order valence-corrected chi connectivity index (χ2v) is 4.89. The number of hydrogen-bond acceptors (Lipinski definition) is 1. The van der Waals surface area contributed by atoms with Gasteiger partial charge in [0, 0.05) is 12.8 Å². The number of rotatable bonds is 3. The molecule has 1 aromatic carbocycles. The lowest BCUT2D eigenvalue weighted by atomic mass is 10.3. The minimum atomic E-state index is 0.768. The number of anilines is 1. The molecule has 0 radical (unpaired) electrons. The first-order valence-corrected chi connectivity index (χ1v) is 6.44. The first-order chi connectivity index (χ1) is 8.34. The third-order valence-corrected chi connectivity index (χ3v) is 3.75. The van der Waals surface area contributed by atoms with Gasteiger partial charge in [-0.05, 0) is 12.1 Å². The summed E-state index contributed by atoms with van der Waals surface area (Å²) < 4.78 is 2.20. The number of aromatic nitrogens is 2. The minimum absolute atomic E-state index is 0.768. The molecule has 1 saturated heterocycles. The summed E-state index contributed by atoms with van der Waals surface area (Å²) in [6, 6.07) is 8.30. The highest BCUT2D eigenvalue weighted by atomic mass is 15.2. The van der Waals surface area contributed by atoms with Gasteiger partial charge in [-0.2, -0.15) is 0 Å². The smallest absolute Gasteiger partial charge is 0.332 e. The Labute approximate surface area is 101 Å². The van der Waals surface area contributed by atoms with Crippen molar-refractivity contribution in [3.63, 3.8) is 0 Å². The van der Waals surface area contributed by atoms with Gasteiger partial charge in [0.05, 0.1) is 13.1 Å². The minimum Gasteiger partial charge on any atom is -0.332 e. The van der Waals surface area contributed by atoms with E-state index in [9.17, 15) is 0 Å². The predicted octanol–water partition coefficient (Wildman–Crippen LogP) is -0.284. The molecule has 4 nitrogen and oxygen atoms in total. The van der Waals surface area contributed by atoms with E-state index in [0.717, 1.165) is 18.0 Å². The number of para-hydroxylation sites is 2. The van der Waals surface area contributed by atoms with Crippen LogP contribution in [-0.4, -0.2) is 24.6 Å². The summed E-state index contributed by atoms with van der Waals surface area (Å²) in [6.45, 7) is 4.83. The first kappa shape index (κ1) is 10.6. The van der Waals surface area contributed by atoms with Crippen molar-refractivity contribution in [1.29, 1.82) is 0 Å². The van der Waals surface area contributed by atoms with Gasteiger partial charge in [0.25, 0.3) is 0 Å². The van der Waals surface area contributed by atoms with E-state index in [1.54, 1.807) is 4.90 Å². The fraction of sp³-hybridized carbons (Fsp3) is 0.462. The van der Waals surface area contributed by atoms with E-state index >= 15 is 0 Å². The van der Waals surface area contributed by atoms with Crippen molar-refractivity contribution in [3.8, 4) is 0 Å². The lowest BCUT2D eigenvalue weighted by Crippen LogP contribution is -3.10. The molecule has 17 heavy (non-hydrogen) atoms. The number of nitrogens with zero attached hydrogens (tertiary/aromatic N) is 1. The molecule has 0 atom stereocenters. The average Bonchev–Trinajstić information content (AvgIpc) is 2.93. The molecule has 90 valence electrons. The molecule has 0 amide bonds. The number of aromatic amines is 1. The Hall–Kier alpha value is -1.55. The van der Waals surface area contributed by atoms with Crippen molar-refractivity contribution < 1.29 is 9.47 Å². The molecule has 1 fully saturated rings. The molecule has 0 spiro atoms. The summed E-state index contributed by atoms with van der Waals surface area (Å²) in [4.78, 5) is 4.94. The predicted molar refractivity (Wildman–Crippen MR) is 67.7 cm³/mol. The maximum atomic E-state index is 6.04. The number of nitrogens with two attached hydrogens (primary N) is 1. The Morgan fingerprint density at radius 3 is 2.82 bits per heavy atom. The maximum Gasteiger partial charge on any atom is 0.353 e. The van der Waals surface area contributed by atoms with Gasteiger partial charge < -0.3 is 4.90 Å². The van der Waals surface area contributed by atoms with Gasteiger partial charge in [-0.1, -0.05) is 12.1 Å². The highest BCUT2D eigenvalue weighted by Gasteiger charge is 2.18. The molecule has 1 aliphatic heterocycles. The van der Waals surface area contributed by atoms with Crippen molar-refractivity contribution in [2.75, 3.05) is 25.4 Å². The second-order valence-electron chi connectivity index (χ2n) is 4.89. The first-order valence-electron chi connectivity index (χ1n) is 6.44. The van der Waals surface area contributed by atoms with Crippen LogP contribution in [0, 0.1) is 0 Å². The standard InChI is InChI=1S/C13H18N4/c14-13-15-11-5-1-2-6-12(11)17(13)10-9-16-7-3-4-8-16/h1-2,5-6H,3-4,7-10H2,(H2,14,15)/p+2. The molecule has 1 aromatic heterocycles. The summed E-state index contributed by atoms with van der Waals surface area (Å²) in [5.41, 5.74) is 8.37. The fourth-order valence-corrected chi connectivity index (χ4v) is 2.79. The van der Waals surface area contributed by atoms with Crippen LogP contribution < -0.4 is 15.2 Å². The molecule has 0 aliphatic carbocycles.